The van der Waals surface area contributed by atoms with Crippen LogP contribution in [-0.2, 0) is 13.0 Å². The van der Waals surface area contributed by atoms with Crippen LogP contribution in [0.4, 0.5) is 0 Å². The summed E-state index contributed by atoms with van der Waals surface area (Å²) in [5.74, 6) is 0.987. The molecule has 0 saturated carbocycles. The fourth-order valence-corrected chi connectivity index (χ4v) is 4.70. The van der Waals surface area contributed by atoms with Gasteiger partial charge in [0.1, 0.15) is 5.75 Å². The molecule has 0 radical (unpaired) electrons. The number of thiophene rings is 1. The number of methoxy groups -OCH3 is 1. The Morgan fingerprint density at radius 3 is 2.88 bits per heavy atom. The predicted molar refractivity (Wildman–Crippen MR) is 105 cm³/mol. The zero-order valence-corrected chi connectivity index (χ0v) is 16.3. The monoisotopic (exact) mass is 373 g/mol. The van der Waals surface area contributed by atoms with Crippen molar-refractivity contribution in [2.45, 2.75) is 32.7 Å². The van der Waals surface area contributed by atoms with Crippen molar-refractivity contribution in [3.8, 4) is 5.75 Å². The average Bonchev–Trinajstić information content (AvgIpc) is 3.11. The minimum atomic E-state index is -0.121. The molecule has 1 aliphatic rings. The van der Waals surface area contributed by atoms with Crippen molar-refractivity contribution >= 4 is 17.1 Å². The SMILES string of the molecule is COc1cccc(C[C@]2(CO)CCCN(Cc3csc(C(C)=O)c3)C2)c1. The molecule has 0 unspecified atom stereocenters. The predicted octanol–water partition coefficient (Wildman–Crippen LogP) is 3.78. The minimum absolute atomic E-state index is 0.121. The van der Waals surface area contributed by atoms with E-state index in [1.54, 1.807) is 14.0 Å². The lowest BCUT2D eigenvalue weighted by atomic mass is 9.75. The van der Waals surface area contributed by atoms with Crippen LogP contribution in [0.1, 0.15) is 40.6 Å². The van der Waals surface area contributed by atoms with Crippen LogP contribution in [0, 0.1) is 5.41 Å². The Labute approximate surface area is 159 Å². The normalized spacial score (nSPS) is 20.9. The Morgan fingerprint density at radius 1 is 1.35 bits per heavy atom. The molecule has 2 heterocycles. The maximum atomic E-state index is 11.5. The molecule has 1 aliphatic heterocycles. The summed E-state index contributed by atoms with van der Waals surface area (Å²) in [6, 6.07) is 10.1. The molecule has 4 nitrogen and oxygen atoms in total. The molecule has 1 N–H and O–H groups in total. The number of hydrogen-bond acceptors (Lipinski definition) is 5. The van der Waals surface area contributed by atoms with Crippen molar-refractivity contribution in [1.29, 1.82) is 0 Å². The Bertz CT molecular complexity index is 757. The van der Waals surface area contributed by atoms with Gasteiger partial charge in [0.05, 0.1) is 18.6 Å². The first kappa shape index (κ1) is 19.1. The summed E-state index contributed by atoms with van der Waals surface area (Å²) in [5, 5.41) is 12.3. The molecule has 1 aromatic carbocycles. The highest BCUT2D eigenvalue weighted by Gasteiger charge is 2.35. The Hall–Kier alpha value is -1.69. The number of aliphatic hydroxyl groups is 1. The van der Waals surface area contributed by atoms with Crippen molar-refractivity contribution in [2.75, 3.05) is 26.8 Å². The van der Waals surface area contributed by atoms with Gasteiger partial charge < -0.3 is 9.84 Å². The molecular weight excluding hydrogens is 346 g/mol. The van der Waals surface area contributed by atoms with E-state index in [0.29, 0.717) is 0 Å². The first-order chi connectivity index (χ1) is 12.5. The highest BCUT2D eigenvalue weighted by atomic mass is 32.1. The zero-order valence-electron chi connectivity index (χ0n) is 15.5. The molecule has 0 bridgehead atoms. The lowest BCUT2D eigenvalue weighted by Gasteiger charge is -2.42. The number of rotatable bonds is 7. The van der Waals surface area contributed by atoms with Crippen LogP contribution >= 0.6 is 11.3 Å². The number of carbonyl (C=O) groups excluding carboxylic acids is 1. The summed E-state index contributed by atoms with van der Waals surface area (Å²) < 4.78 is 5.33. The summed E-state index contributed by atoms with van der Waals surface area (Å²) in [6.07, 6.45) is 2.95. The molecule has 1 aromatic heterocycles. The van der Waals surface area contributed by atoms with Gasteiger partial charge in [-0.25, -0.2) is 0 Å². The van der Waals surface area contributed by atoms with Gasteiger partial charge in [-0.05, 0) is 67.4 Å². The van der Waals surface area contributed by atoms with E-state index in [-0.39, 0.29) is 17.8 Å². The van der Waals surface area contributed by atoms with Crippen LogP contribution in [0.3, 0.4) is 0 Å². The van der Waals surface area contributed by atoms with Crippen LogP contribution in [0.25, 0.3) is 0 Å². The quantitative estimate of drug-likeness (QED) is 0.751. The molecule has 0 spiro atoms. The van der Waals surface area contributed by atoms with E-state index >= 15 is 0 Å². The van der Waals surface area contributed by atoms with Crippen molar-refractivity contribution < 1.29 is 14.6 Å². The molecular formula is C21H27NO3S. The lowest BCUT2D eigenvalue weighted by Crippen LogP contribution is -2.46. The second-order valence-corrected chi connectivity index (χ2v) is 8.29. The maximum Gasteiger partial charge on any atom is 0.169 e. The summed E-state index contributed by atoms with van der Waals surface area (Å²) in [7, 11) is 1.68. The molecule has 2 aromatic rings. The molecule has 5 heteroatoms. The average molecular weight is 374 g/mol. The van der Waals surface area contributed by atoms with Crippen molar-refractivity contribution in [2.24, 2.45) is 5.41 Å². The van der Waals surface area contributed by atoms with Crippen molar-refractivity contribution in [3.63, 3.8) is 0 Å². The second-order valence-electron chi connectivity index (χ2n) is 7.38. The van der Waals surface area contributed by atoms with Crippen LogP contribution in [-0.4, -0.2) is 42.6 Å². The summed E-state index contributed by atoms with van der Waals surface area (Å²) in [6.45, 7) is 4.53. The summed E-state index contributed by atoms with van der Waals surface area (Å²) in [4.78, 5) is 14.7. The topological polar surface area (TPSA) is 49.8 Å². The highest BCUT2D eigenvalue weighted by Crippen LogP contribution is 2.35. The minimum Gasteiger partial charge on any atom is -0.497 e. The zero-order chi connectivity index (χ0) is 18.6. The maximum absolute atomic E-state index is 11.5. The van der Waals surface area contributed by atoms with E-state index < -0.39 is 0 Å². The van der Waals surface area contributed by atoms with Gasteiger partial charge in [0, 0.05) is 18.5 Å². The first-order valence-corrected chi connectivity index (χ1v) is 9.96. The fourth-order valence-electron chi connectivity index (χ4n) is 3.89. The standard InChI is InChI=1S/C21H27NO3S/c1-16(24)20-10-18(13-26-20)12-22-8-4-7-21(14-22,15-23)11-17-5-3-6-19(9-17)25-2/h3,5-6,9-10,13,23H,4,7-8,11-12,14-15H2,1-2H3/t21-/m1/s1. The largest absolute Gasteiger partial charge is 0.497 e. The van der Waals surface area contributed by atoms with Gasteiger partial charge >= 0.3 is 0 Å². The van der Waals surface area contributed by atoms with Crippen molar-refractivity contribution in [3.05, 3.63) is 51.7 Å². The van der Waals surface area contributed by atoms with Crippen LogP contribution in [0.2, 0.25) is 0 Å². The first-order valence-electron chi connectivity index (χ1n) is 9.08. The number of likely N-dealkylation sites (tertiary alicyclic amines) is 1. The molecule has 140 valence electrons. The van der Waals surface area contributed by atoms with Crippen LogP contribution in [0.5, 0.6) is 5.75 Å². The number of Topliss-reactive ketones (excluding diaryl/α,β-unsaturated/α-hetero) is 1. The van der Waals surface area contributed by atoms with Gasteiger partial charge in [-0.2, -0.15) is 0 Å². The molecule has 1 fully saturated rings. The summed E-state index contributed by atoms with van der Waals surface area (Å²) in [5.41, 5.74) is 2.27. The van der Waals surface area contributed by atoms with Crippen LogP contribution < -0.4 is 4.74 Å². The van der Waals surface area contributed by atoms with Gasteiger partial charge in [-0.1, -0.05) is 12.1 Å². The smallest absolute Gasteiger partial charge is 0.169 e. The summed E-state index contributed by atoms with van der Waals surface area (Å²) >= 11 is 1.52. The van der Waals surface area contributed by atoms with E-state index in [1.807, 2.05) is 18.2 Å². The number of nitrogens with zero attached hydrogens (tertiary/aromatic N) is 1. The Balaban J connectivity index is 1.70. The third kappa shape index (κ3) is 4.53. The molecule has 1 atom stereocenters. The van der Waals surface area contributed by atoms with Gasteiger partial charge in [0.25, 0.3) is 0 Å². The molecule has 0 aliphatic carbocycles. The van der Waals surface area contributed by atoms with Gasteiger partial charge in [0.15, 0.2) is 5.78 Å². The number of aliphatic hydroxyl groups excluding tert-OH is 1. The van der Waals surface area contributed by atoms with Gasteiger partial charge in [-0.3, -0.25) is 9.69 Å². The third-order valence-electron chi connectivity index (χ3n) is 5.20. The number of ketones is 1. The molecule has 0 amide bonds. The molecule has 1 saturated heterocycles. The van der Waals surface area contributed by atoms with E-state index in [9.17, 15) is 9.90 Å². The molecule has 3 rings (SSSR count). The van der Waals surface area contributed by atoms with Crippen molar-refractivity contribution in [1.82, 2.24) is 4.90 Å². The van der Waals surface area contributed by atoms with E-state index in [4.69, 9.17) is 4.74 Å². The fraction of sp³-hybridized carbons (Fsp3) is 0.476. The number of ether oxygens (including phenoxy) is 1. The van der Waals surface area contributed by atoms with E-state index in [1.165, 1.54) is 22.5 Å². The number of benzene rings is 1. The van der Waals surface area contributed by atoms with Crippen LogP contribution in [0.15, 0.2) is 35.7 Å². The number of hydrogen-bond donors (Lipinski definition) is 1. The Morgan fingerprint density at radius 2 is 2.19 bits per heavy atom. The lowest BCUT2D eigenvalue weighted by molar-refractivity contribution is 0.0289. The number of carbonyl (C=O) groups is 1. The number of piperidine rings is 1. The highest BCUT2D eigenvalue weighted by molar-refractivity contribution is 7.12. The second kappa shape index (κ2) is 8.33. The Kier molecular flexibility index (Phi) is 6.12. The van der Waals surface area contributed by atoms with E-state index in [0.717, 1.165) is 49.5 Å². The van der Waals surface area contributed by atoms with Gasteiger partial charge in [0.2, 0.25) is 0 Å². The van der Waals surface area contributed by atoms with Gasteiger partial charge in [-0.15, -0.1) is 11.3 Å². The third-order valence-corrected chi connectivity index (χ3v) is 6.28. The van der Waals surface area contributed by atoms with E-state index in [2.05, 4.69) is 22.4 Å². The molecule has 26 heavy (non-hydrogen) atoms.